The monoisotopic (exact) mass is 377 g/mol. The van der Waals surface area contributed by atoms with E-state index in [2.05, 4.69) is 15.8 Å². The number of aryl methyl sites for hydroxylation is 1. The number of nitrogens with one attached hydrogen (secondary N) is 2. The molecule has 0 aliphatic rings. The Morgan fingerprint density at radius 3 is 2.48 bits per heavy atom. The van der Waals surface area contributed by atoms with E-state index in [1.165, 1.54) is 12.1 Å². The number of benzene rings is 2. The van der Waals surface area contributed by atoms with Crippen LogP contribution in [0.2, 0.25) is 0 Å². The second kappa shape index (κ2) is 6.31. The van der Waals surface area contributed by atoms with Crippen LogP contribution in [0.25, 0.3) is 10.9 Å². The molecule has 0 aliphatic heterocycles. The highest BCUT2D eigenvalue weighted by Crippen LogP contribution is 2.29. The summed E-state index contributed by atoms with van der Waals surface area (Å²) in [6.07, 6.45) is 1.58. The molecule has 1 aromatic heterocycles. The highest BCUT2D eigenvalue weighted by Gasteiger charge is 2.15. The van der Waals surface area contributed by atoms with E-state index in [0.717, 1.165) is 23.1 Å². The summed E-state index contributed by atoms with van der Waals surface area (Å²) in [5.41, 5.74) is 2.57. The highest BCUT2D eigenvalue weighted by atomic mass is 32.3. The molecule has 2 aromatic carbocycles. The molecule has 0 saturated heterocycles. The molecule has 0 spiro atoms. The standard InChI is InChI=1S/C16H12FN3O3S2/c1-10-2-7-14(16-15(10)11(8-18)9-19-16)20-24(21)12-3-5-13(6-4-12)25(17,22)23/h2-7,9,19-20H,1H3. The van der Waals surface area contributed by atoms with Crippen LogP contribution in [0.4, 0.5) is 9.57 Å². The fraction of sp³-hybridized carbons (Fsp3) is 0.0625. The Morgan fingerprint density at radius 1 is 1.20 bits per heavy atom. The summed E-state index contributed by atoms with van der Waals surface area (Å²) >= 11 is 0. The molecule has 2 N–H and O–H groups in total. The minimum absolute atomic E-state index is 0.285. The summed E-state index contributed by atoms with van der Waals surface area (Å²) in [6.45, 7) is 1.87. The van der Waals surface area contributed by atoms with E-state index in [0.29, 0.717) is 16.8 Å². The van der Waals surface area contributed by atoms with Crippen LogP contribution in [-0.4, -0.2) is 17.6 Å². The minimum atomic E-state index is -4.79. The molecule has 3 rings (SSSR count). The summed E-state index contributed by atoms with van der Waals surface area (Å²) in [7, 11) is -6.49. The lowest BCUT2D eigenvalue weighted by Crippen LogP contribution is -2.05. The molecule has 1 unspecified atom stereocenters. The first kappa shape index (κ1) is 17.1. The maximum Gasteiger partial charge on any atom is 0.332 e. The van der Waals surface area contributed by atoms with Crippen molar-refractivity contribution in [1.82, 2.24) is 4.98 Å². The van der Waals surface area contributed by atoms with Crippen LogP contribution in [-0.2, 0) is 21.2 Å². The van der Waals surface area contributed by atoms with Crippen molar-refractivity contribution >= 4 is 37.8 Å². The molecule has 128 valence electrons. The maximum atomic E-state index is 12.9. The summed E-state index contributed by atoms with van der Waals surface area (Å²) in [5, 5.41) is 9.90. The van der Waals surface area contributed by atoms with Crippen LogP contribution in [0, 0.1) is 18.3 Å². The Balaban J connectivity index is 1.94. The van der Waals surface area contributed by atoms with Gasteiger partial charge in [0.2, 0.25) is 0 Å². The predicted molar refractivity (Wildman–Crippen MR) is 92.5 cm³/mol. The first-order chi connectivity index (χ1) is 11.8. The van der Waals surface area contributed by atoms with E-state index in [1.807, 2.05) is 6.92 Å². The van der Waals surface area contributed by atoms with E-state index in [4.69, 9.17) is 5.26 Å². The number of fused-ring (bicyclic) bond motifs is 1. The second-order valence-corrected chi connectivity index (χ2v) is 7.83. The number of nitrogens with zero attached hydrogens (tertiary/aromatic N) is 1. The molecule has 6 nitrogen and oxygen atoms in total. The van der Waals surface area contributed by atoms with Crippen LogP contribution in [0.15, 0.2) is 52.4 Å². The second-order valence-electron chi connectivity index (χ2n) is 5.27. The number of halogens is 1. The number of hydrogen-bond donors (Lipinski definition) is 2. The van der Waals surface area contributed by atoms with Gasteiger partial charge in [-0.2, -0.15) is 13.7 Å². The Kier molecular flexibility index (Phi) is 4.32. The van der Waals surface area contributed by atoms with Gasteiger partial charge in [-0.25, -0.2) is 4.21 Å². The molecular formula is C16H12FN3O3S2. The Hall–Kier alpha value is -2.70. The maximum absolute atomic E-state index is 12.9. The average Bonchev–Trinajstić information content (AvgIpc) is 3.02. The zero-order valence-electron chi connectivity index (χ0n) is 12.9. The van der Waals surface area contributed by atoms with Crippen molar-refractivity contribution in [3.05, 3.63) is 53.7 Å². The molecule has 0 aliphatic carbocycles. The third kappa shape index (κ3) is 3.26. The number of rotatable bonds is 4. The fourth-order valence-corrected chi connectivity index (χ4v) is 3.81. The number of aromatic nitrogens is 1. The average molecular weight is 377 g/mol. The molecule has 0 saturated carbocycles. The summed E-state index contributed by atoms with van der Waals surface area (Å²) in [5.74, 6) is 0. The van der Waals surface area contributed by atoms with Gasteiger partial charge < -0.3 is 4.98 Å². The van der Waals surface area contributed by atoms with Gasteiger partial charge in [0.1, 0.15) is 17.1 Å². The van der Waals surface area contributed by atoms with Crippen molar-refractivity contribution in [2.24, 2.45) is 0 Å². The van der Waals surface area contributed by atoms with E-state index in [1.54, 1.807) is 18.3 Å². The smallest absolute Gasteiger partial charge is 0.332 e. The largest absolute Gasteiger partial charge is 0.358 e. The van der Waals surface area contributed by atoms with Crippen molar-refractivity contribution in [3.8, 4) is 6.07 Å². The molecule has 0 radical (unpaired) electrons. The van der Waals surface area contributed by atoms with Gasteiger partial charge in [0.05, 0.1) is 26.6 Å². The number of H-pyrrole nitrogens is 1. The third-order valence-electron chi connectivity index (χ3n) is 3.69. The molecular weight excluding hydrogens is 365 g/mol. The molecule has 0 fully saturated rings. The molecule has 25 heavy (non-hydrogen) atoms. The highest BCUT2D eigenvalue weighted by molar-refractivity contribution is 7.86. The van der Waals surface area contributed by atoms with Gasteiger partial charge in [0.25, 0.3) is 0 Å². The molecule has 0 amide bonds. The quantitative estimate of drug-likeness (QED) is 0.682. The number of anilines is 1. The van der Waals surface area contributed by atoms with Gasteiger partial charge in [-0.05, 0) is 42.8 Å². The Bertz CT molecular complexity index is 1130. The van der Waals surface area contributed by atoms with Gasteiger partial charge in [0.15, 0.2) is 0 Å². The van der Waals surface area contributed by atoms with Gasteiger partial charge in [0, 0.05) is 11.6 Å². The van der Waals surface area contributed by atoms with Gasteiger partial charge in [-0.3, -0.25) is 4.72 Å². The van der Waals surface area contributed by atoms with Crippen LogP contribution in [0.3, 0.4) is 0 Å². The summed E-state index contributed by atoms with van der Waals surface area (Å²) < 4.78 is 49.8. The van der Waals surface area contributed by atoms with E-state index < -0.39 is 26.1 Å². The Labute approximate surface area is 146 Å². The zero-order chi connectivity index (χ0) is 18.2. The molecule has 0 bridgehead atoms. The van der Waals surface area contributed by atoms with Crippen LogP contribution < -0.4 is 4.72 Å². The number of nitriles is 1. The van der Waals surface area contributed by atoms with Crippen molar-refractivity contribution in [2.45, 2.75) is 16.7 Å². The lowest BCUT2D eigenvalue weighted by atomic mass is 10.1. The lowest BCUT2D eigenvalue weighted by molar-refractivity contribution is 0.552. The van der Waals surface area contributed by atoms with Crippen molar-refractivity contribution in [3.63, 3.8) is 0 Å². The topological polar surface area (TPSA) is 103 Å². The molecule has 3 aromatic rings. The van der Waals surface area contributed by atoms with Crippen molar-refractivity contribution in [1.29, 1.82) is 5.26 Å². The van der Waals surface area contributed by atoms with E-state index in [9.17, 15) is 16.5 Å². The van der Waals surface area contributed by atoms with Crippen LogP contribution >= 0.6 is 0 Å². The zero-order valence-corrected chi connectivity index (χ0v) is 14.5. The SMILES string of the molecule is Cc1ccc(NS(=O)c2ccc(S(=O)(=O)F)cc2)c2[nH]cc(C#N)c12. The minimum Gasteiger partial charge on any atom is -0.358 e. The first-order valence-electron chi connectivity index (χ1n) is 7.05. The normalized spacial score (nSPS) is 12.7. The van der Waals surface area contributed by atoms with Gasteiger partial charge >= 0.3 is 10.2 Å². The van der Waals surface area contributed by atoms with Crippen molar-refractivity contribution < 1.29 is 16.5 Å². The summed E-state index contributed by atoms with van der Waals surface area (Å²) in [6, 6.07) is 10.3. The fourth-order valence-electron chi connectivity index (χ4n) is 2.48. The van der Waals surface area contributed by atoms with Crippen molar-refractivity contribution in [2.75, 3.05) is 4.72 Å². The number of hydrogen-bond acceptors (Lipinski definition) is 4. The van der Waals surface area contributed by atoms with Crippen LogP contribution in [0.5, 0.6) is 0 Å². The summed E-state index contributed by atoms with van der Waals surface area (Å²) in [4.78, 5) is 2.78. The Morgan fingerprint density at radius 2 is 1.88 bits per heavy atom. The van der Waals surface area contributed by atoms with Gasteiger partial charge in [-0.15, -0.1) is 3.89 Å². The first-order valence-corrected chi connectivity index (χ1v) is 9.58. The number of aromatic amines is 1. The van der Waals surface area contributed by atoms with Gasteiger partial charge in [-0.1, -0.05) is 6.07 Å². The van der Waals surface area contributed by atoms with E-state index in [-0.39, 0.29) is 4.90 Å². The molecule has 1 heterocycles. The van der Waals surface area contributed by atoms with Crippen LogP contribution in [0.1, 0.15) is 11.1 Å². The predicted octanol–water partition coefficient (Wildman–Crippen LogP) is 3.14. The van der Waals surface area contributed by atoms with E-state index >= 15 is 0 Å². The molecule has 1 atom stereocenters. The third-order valence-corrected chi connectivity index (χ3v) is 5.63. The molecule has 9 heteroatoms. The lowest BCUT2D eigenvalue weighted by Gasteiger charge is -2.09.